The number of fused-ring (bicyclic) bond motifs is 1. The molecular formula is C22H21ClN4O. The Hall–Kier alpha value is -2.50. The average Bonchev–Trinajstić information content (AvgIpc) is 2.75. The molecule has 1 unspecified atom stereocenters. The number of piperidine rings is 1. The fraction of sp³-hybridized carbons (Fsp3) is 0.318. The molecule has 3 aromatic rings. The van der Waals surface area contributed by atoms with Gasteiger partial charge in [0, 0.05) is 24.4 Å². The van der Waals surface area contributed by atoms with Gasteiger partial charge in [-0.15, -0.1) is 0 Å². The molecule has 1 aromatic carbocycles. The molecule has 142 valence electrons. The number of para-hydroxylation sites is 1. The van der Waals surface area contributed by atoms with Gasteiger partial charge in [0.1, 0.15) is 11.4 Å². The molecule has 2 aliphatic heterocycles. The van der Waals surface area contributed by atoms with Crippen molar-refractivity contribution in [2.75, 3.05) is 6.54 Å². The number of nitrogens with zero attached hydrogens (tertiary/aromatic N) is 3. The molecule has 2 atom stereocenters. The quantitative estimate of drug-likeness (QED) is 0.701. The minimum Gasteiger partial charge on any atom is -0.485 e. The highest BCUT2D eigenvalue weighted by atomic mass is 35.5. The Morgan fingerprint density at radius 3 is 2.86 bits per heavy atom. The second kappa shape index (κ2) is 7.15. The van der Waals surface area contributed by atoms with Gasteiger partial charge >= 0.3 is 0 Å². The van der Waals surface area contributed by atoms with Crippen LogP contribution in [0.4, 0.5) is 0 Å². The zero-order chi connectivity index (χ0) is 19.0. The summed E-state index contributed by atoms with van der Waals surface area (Å²) in [6, 6.07) is 14.1. The van der Waals surface area contributed by atoms with Gasteiger partial charge in [0.2, 0.25) is 0 Å². The van der Waals surface area contributed by atoms with E-state index in [1.807, 2.05) is 30.3 Å². The summed E-state index contributed by atoms with van der Waals surface area (Å²) in [5.41, 5.74) is 3.75. The summed E-state index contributed by atoms with van der Waals surface area (Å²) in [7, 11) is 0. The second-order valence-corrected chi connectivity index (χ2v) is 7.97. The van der Waals surface area contributed by atoms with Crippen LogP contribution in [-0.2, 0) is 6.42 Å². The normalized spacial score (nSPS) is 23.8. The van der Waals surface area contributed by atoms with Crippen molar-refractivity contribution in [1.29, 1.82) is 0 Å². The van der Waals surface area contributed by atoms with Gasteiger partial charge in [-0.3, -0.25) is 4.98 Å². The molecule has 2 aliphatic rings. The molecule has 5 rings (SSSR count). The Morgan fingerprint density at radius 2 is 2.04 bits per heavy atom. The van der Waals surface area contributed by atoms with Crippen LogP contribution in [0.2, 0.25) is 5.02 Å². The Kier molecular flexibility index (Phi) is 4.49. The zero-order valence-corrected chi connectivity index (χ0v) is 16.2. The minimum atomic E-state index is -0.197. The second-order valence-electron chi connectivity index (χ2n) is 7.56. The summed E-state index contributed by atoms with van der Waals surface area (Å²) in [6.07, 6.45) is 7.38. The van der Waals surface area contributed by atoms with Crippen LogP contribution in [0, 0.1) is 0 Å². The third-order valence-electron chi connectivity index (χ3n) is 5.76. The van der Waals surface area contributed by atoms with Crippen LogP contribution in [0.5, 0.6) is 5.75 Å². The molecule has 0 aliphatic carbocycles. The summed E-state index contributed by atoms with van der Waals surface area (Å²) >= 11 is 6.41. The van der Waals surface area contributed by atoms with Crippen molar-refractivity contribution in [2.45, 2.75) is 37.3 Å². The molecule has 0 radical (unpaired) electrons. The number of hydrogen-bond acceptors (Lipinski definition) is 5. The molecule has 1 spiro atoms. The number of halogens is 1. The van der Waals surface area contributed by atoms with E-state index in [9.17, 15) is 0 Å². The molecule has 0 amide bonds. The highest BCUT2D eigenvalue weighted by molar-refractivity contribution is 6.32. The van der Waals surface area contributed by atoms with Gasteiger partial charge in [-0.25, -0.2) is 0 Å². The molecule has 1 N–H and O–H groups in total. The lowest BCUT2D eigenvalue weighted by molar-refractivity contribution is 0.00162. The molecule has 1 fully saturated rings. The summed E-state index contributed by atoms with van der Waals surface area (Å²) < 4.78 is 6.51. The average molecular weight is 393 g/mol. The molecule has 0 saturated carbocycles. The Bertz CT molecular complexity index is 980. The van der Waals surface area contributed by atoms with E-state index < -0.39 is 0 Å². The maximum Gasteiger partial charge on any atom is 0.141 e. The molecule has 0 bridgehead atoms. The predicted octanol–water partition coefficient (Wildman–Crippen LogP) is 4.38. The Balaban J connectivity index is 1.37. The number of ether oxygens (including phenoxy) is 1. The first-order valence-electron chi connectivity index (χ1n) is 9.66. The van der Waals surface area contributed by atoms with E-state index in [1.54, 1.807) is 12.4 Å². The first-order chi connectivity index (χ1) is 13.7. The number of pyridine rings is 1. The van der Waals surface area contributed by atoms with Crippen molar-refractivity contribution in [3.8, 4) is 17.0 Å². The first-order valence-corrected chi connectivity index (χ1v) is 10.0. The number of benzene rings is 1. The third-order valence-corrected chi connectivity index (χ3v) is 6.06. The molecule has 1 saturated heterocycles. The summed E-state index contributed by atoms with van der Waals surface area (Å²) in [6.45, 7) is 0.885. The van der Waals surface area contributed by atoms with Crippen LogP contribution in [0.3, 0.4) is 0 Å². The van der Waals surface area contributed by atoms with Crippen molar-refractivity contribution in [1.82, 2.24) is 20.5 Å². The zero-order valence-electron chi connectivity index (χ0n) is 15.4. The SMILES string of the molecule is Clc1cccc2c1OC1(CCN[C@@H](c3ccc(-c4cccnc4)nn3)C1)CC2. The van der Waals surface area contributed by atoms with Crippen LogP contribution in [-0.4, -0.2) is 27.3 Å². The van der Waals surface area contributed by atoms with Crippen LogP contribution in [0.1, 0.15) is 36.6 Å². The van der Waals surface area contributed by atoms with Gasteiger partial charge in [-0.2, -0.15) is 10.2 Å². The maximum atomic E-state index is 6.51. The van der Waals surface area contributed by atoms with Gasteiger partial charge < -0.3 is 10.1 Å². The number of aryl methyl sites for hydroxylation is 1. The van der Waals surface area contributed by atoms with Crippen molar-refractivity contribution < 1.29 is 4.74 Å². The molecule has 2 aromatic heterocycles. The molecule has 5 nitrogen and oxygen atoms in total. The number of rotatable bonds is 2. The van der Waals surface area contributed by atoms with E-state index in [0.29, 0.717) is 5.02 Å². The van der Waals surface area contributed by atoms with E-state index in [1.165, 1.54) is 5.56 Å². The molecular weight excluding hydrogens is 372 g/mol. The van der Waals surface area contributed by atoms with E-state index in [-0.39, 0.29) is 11.6 Å². The lowest BCUT2D eigenvalue weighted by atomic mass is 9.80. The van der Waals surface area contributed by atoms with Crippen LogP contribution >= 0.6 is 11.6 Å². The molecule has 6 heteroatoms. The fourth-order valence-corrected chi connectivity index (χ4v) is 4.47. The largest absolute Gasteiger partial charge is 0.485 e. The van der Waals surface area contributed by atoms with Gasteiger partial charge in [0.15, 0.2) is 0 Å². The fourth-order valence-electron chi connectivity index (χ4n) is 4.24. The topological polar surface area (TPSA) is 59.9 Å². The highest BCUT2D eigenvalue weighted by Crippen LogP contribution is 2.44. The Labute approximate surface area is 169 Å². The lowest BCUT2D eigenvalue weighted by Crippen LogP contribution is -2.49. The van der Waals surface area contributed by atoms with Gasteiger partial charge in [0.25, 0.3) is 0 Å². The lowest BCUT2D eigenvalue weighted by Gasteiger charge is -2.44. The summed E-state index contributed by atoms with van der Waals surface area (Å²) in [5, 5.41) is 13.2. The standard InChI is InChI=1S/C22H21ClN4O/c23-17-5-1-3-15-8-9-22(28-21(15)17)10-12-25-20(13-22)19-7-6-18(26-27-19)16-4-2-11-24-14-16/h1-7,11,14,20,25H,8-10,12-13H2/t20-,22?/m1/s1. The van der Waals surface area contributed by atoms with Gasteiger partial charge in [0.05, 0.1) is 22.5 Å². The molecule has 4 heterocycles. The van der Waals surface area contributed by atoms with Crippen LogP contribution in [0.15, 0.2) is 54.9 Å². The van der Waals surface area contributed by atoms with Crippen molar-refractivity contribution in [3.05, 3.63) is 71.1 Å². The third kappa shape index (κ3) is 3.25. The minimum absolute atomic E-state index is 0.119. The van der Waals surface area contributed by atoms with Gasteiger partial charge in [-0.1, -0.05) is 23.7 Å². The smallest absolute Gasteiger partial charge is 0.141 e. The monoisotopic (exact) mass is 392 g/mol. The molecule has 28 heavy (non-hydrogen) atoms. The van der Waals surface area contributed by atoms with Crippen molar-refractivity contribution in [2.24, 2.45) is 0 Å². The first kappa shape index (κ1) is 17.6. The number of nitrogens with one attached hydrogen (secondary N) is 1. The maximum absolute atomic E-state index is 6.51. The van der Waals surface area contributed by atoms with E-state index >= 15 is 0 Å². The number of hydrogen-bond donors (Lipinski definition) is 1. The van der Waals surface area contributed by atoms with E-state index in [0.717, 1.165) is 54.9 Å². The van der Waals surface area contributed by atoms with Gasteiger partial charge in [-0.05, 0) is 61.7 Å². The van der Waals surface area contributed by atoms with Crippen molar-refractivity contribution in [3.63, 3.8) is 0 Å². The highest BCUT2D eigenvalue weighted by Gasteiger charge is 2.42. The summed E-state index contributed by atoms with van der Waals surface area (Å²) in [4.78, 5) is 4.15. The van der Waals surface area contributed by atoms with Crippen molar-refractivity contribution >= 4 is 11.6 Å². The predicted molar refractivity (Wildman–Crippen MR) is 108 cm³/mol. The summed E-state index contributed by atoms with van der Waals surface area (Å²) in [5.74, 6) is 0.856. The Morgan fingerprint density at radius 1 is 1.07 bits per heavy atom. The number of aromatic nitrogens is 3. The van der Waals surface area contributed by atoms with E-state index in [2.05, 4.69) is 32.6 Å². The van der Waals surface area contributed by atoms with Crippen LogP contribution < -0.4 is 10.1 Å². The van der Waals surface area contributed by atoms with E-state index in [4.69, 9.17) is 16.3 Å². The van der Waals surface area contributed by atoms with Crippen LogP contribution in [0.25, 0.3) is 11.3 Å².